The summed E-state index contributed by atoms with van der Waals surface area (Å²) in [4.78, 5) is 5.89. The van der Waals surface area contributed by atoms with Gasteiger partial charge >= 0.3 is 0 Å². The van der Waals surface area contributed by atoms with E-state index in [1.165, 1.54) is 4.88 Å². The summed E-state index contributed by atoms with van der Waals surface area (Å²) in [6.45, 7) is 1.41. The molecule has 1 heterocycles. The van der Waals surface area contributed by atoms with Crippen LogP contribution in [0.1, 0.15) is 10.6 Å². The zero-order valence-electron chi connectivity index (χ0n) is 10.1. The van der Waals surface area contributed by atoms with Crippen LogP contribution in [0.5, 0.6) is 0 Å². The van der Waals surface area contributed by atoms with Crippen molar-refractivity contribution in [3.05, 3.63) is 40.9 Å². The van der Waals surface area contributed by atoms with Crippen LogP contribution < -0.4 is 5.32 Å². The number of thiazole rings is 1. The third-order valence-corrected chi connectivity index (χ3v) is 3.56. The molecule has 0 aliphatic heterocycles. The van der Waals surface area contributed by atoms with Gasteiger partial charge < -0.3 is 10.1 Å². The lowest BCUT2D eigenvalue weighted by Gasteiger charge is -1.98. The van der Waals surface area contributed by atoms with Crippen LogP contribution in [0.3, 0.4) is 0 Å². The molecule has 0 bridgehead atoms. The zero-order chi connectivity index (χ0) is 12.1. The minimum atomic E-state index is 0.570. The number of ether oxygens (including phenoxy) is 1. The molecule has 0 fully saturated rings. The Morgan fingerprint density at radius 3 is 2.71 bits per heavy atom. The molecule has 0 saturated carbocycles. The summed E-state index contributed by atoms with van der Waals surface area (Å²) in [5.74, 6) is 0. The quantitative estimate of drug-likeness (QED) is 0.883. The number of hydrogen-bond acceptors (Lipinski definition) is 4. The van der Waals surface area contributed by atoms with Crippen LogP contribution >= 0.6 is 11.3 Å². The molecule has 2 rings (SSSR count). The minimum Gasteiger partial charge on any atom is -0.378 e. The van der Waals surface area contributed by atoms with Gasteiger partial charge in [0, 0.05) is 24.1 Å². The number of benzene rings is 1. The first-order chi connectivity index (χ1) is 8.35. The van der Waals surface area contributed by atoms with E-state index in [2.05, 4.69) is 22.4 Å². The Labute approximate surface area is 105 Å². The highest BCUT2D eigenvalue weighted by molar-refractivity contribution is 7.15. The molecular formula is C13H16N2OS. The van der Waals surface area contributed by atoms with Gasteiger partial charge in [0.15, 0.2) is 0 Å². The van der Waals surface area contributed by atoms with Gasteiger partial charge in [-0.2, -0.15) is 0 Å². The van der Waals surface area contributed by atoms with Crippen LogP contribution in [0.2, 0.25) is 0 Å². The van der Waals surface area contributed by atoms with Crippen LogP contribution in [0, 0.1) is 0 Å². The van der Waals surface area contributed by atoms with E-state index in [-0.39, 0.29) is 0 Å². The molecular weight excluding hydrogens is 232 g/mol. The first-order valence-electron chi connectivity index (χ1n) is 5.52. The molecule has 0 aliphatic rings. The largest absolute Gasteiger partial charge is 0.378 e. The molecule has 2 aromatic rings. The van der Waals surface area contributed by atoms with Crippen molar-refractivity contribution in [1.29, 1.82) is 0 Å². The number of hydrogen-bond donors (Lipinski definition) is 1. The normalized spacial score (nSPS) is 10.7. The Morgan fingerprint density at radius 1 is 1.29 bits per heavy atom. The van der Waals surface area contributed by atoms with Gasteiger partial charge in [-0.15, -0.1) is 11.3 Å². The molecule has 4 heteroatoms. The van der Waals surface area contributed by atoms with Crippen molar-refractivity contribution in [3.8, 4) is 10.6 Å². The molecule has 1 aromatic carbocycles. The summed E-state index contributed by atoms with van der Waals surface area (Å²) in [6, 6.07) is 10.2. The van der Waals surface area contributed by atoms with Gasteiger partial charge in [-0.25, -0.2) is 4.98 Å². The molecule has 0 spiro atoms. The van der Waals surface area contributed by atoms with Crippen LogP contribution in [0.15, 0.2) is 30.3 Å². The van der Waals surface area contributed by atoms with Gasteiger partial charge in [0.2, 0.25) is 0 Å². The van der Waals surface area contributed by atoms with E-state index in [9.17, 15) is 0 Å². The molecule has 1 N–H and O–H groups in total. The first-order valence-corrected chi connectivity index (χ1v) is 6.34. The number of aromatic nitrogens is 1. The van der Waals surface area contributed by atoms with Crippen molar-refractivity contribution >= 4 is 11.3 Å². The van der Waals surface area contributed by atoms with Crippen LogP contribution in [0.4, 0.5) is 0 Å². The predicted octanol–water partition coefficient (Wildman–Crippen LogP) is 2.68. The Balaban J connectivity index is 2.33. The molecule has 0 amide bonds. The lowest BCUT2D eigenvalue weighted by Crippen LogP contribution is -2.06. The summed E-state index contributed by atoms with van der Waals surface area (Å²) in [7, 11) is 3.64. The standard InChI is InChI=1S/C13H16N2OS/c1-14-8-12-11(9-16-2)15-13(17-12)10-6-4-3-5-7-10/h3-7,14H,8-9H2,1-2H3. The summed E-state index contributed by atoms with van der Waals surface area (Å²) < 4.78 is 5.18. The van der Waals surface area contributed by atoms with Crippen molar-refractivity contribution < 1.29 is 4.74 Å². The van der Waals surface area contributed by atoms with Gasteiger partial charge in [0.1, 0.15) is 5.01 Å². The van der Waals surface area contributed by atoms with Gasteiger partial charge in [-0.1, -0.05) is 30.3 Å². The molecule has 90 valence electrons. The van der Waals surface area contributed by atoms with E-state index in [1.54, 1.807) is 18.4 Å². The second kappa shape index (κ2) is 5.91. The van der Waals surface area contributed by atoms with E-state index >= 15 is 0 Å². The molecule has 0 aliphatic carbocycles. The number of rotatable bonds is 5. The van der Waals surface area contributed by atoms with E-state index in [4.69, 9.17) is 4.74 Å². The first kappa shape index (κ1) is 12.2. The average Bonchev–Trinajstić information content (AvgIpc) is 2.75. The monoisotopic (exact) mass is 248 g/mol. The fourth-order valence-corrected chi connectivity index (χ4v) is 2.72. The Bertz CT molecular complexity index is 444. The van der Waals surface area contributed by atoms with E-state index < -0.39 is 0 Å². The predicted molar refractivity (Wildman–Crippen MR) is 71.0 cm³/mol. The average molecular weight is 248 g/mol. The Hall–Kier alpha value is -1.23. The summed E-state index contributed by atoms with van der Waals surface area (Å²) in [5, 5.41) is 4.22. The molecule has 1 aromatic heterocycles. The van der Waals surface area contributed by atoms with Gasteiger partial charge in [0.25, 0.3) is 0 Å². The maximum Gasteiger partial charge on any atom is 0.124 e. The van der Waals surface area contributed by atoms with E-state index in [0.717, 1.165) is 22.8 Å². The van der Waals surface area contributed by atoms with Gasteiger partial charge in [-0.05, 0) is 7.05 Å². The topological polar surface area (TPSA) is 34.2 Å². The van der Waals surface area contributed by atoms with Crippen molar-refractivity contribution in [2.45, 2.75) is 13.2 Å². The second-order valence-electron chi connectivity index (χ2n) is 3.72. The number of nitrogens with one attached hydrogen (secondary N) is 1. The van der Waals surface area contributed by atoms with Gasteiger partial charge in [-0.3, -0.25) is 0 Å². The third-order valence-electron chi connectivity index (χ3n) is 2.42. The van der Waals surface area contributed by atoms with Crippen LogP contribution in [0.25, 0.3) is 10.6 Å². The van der Waals surface area contributed by atoms with Crippen molar-refractivity contribution in [1.82, 2.24) is 10.3 Å². The summed E-state index contributed by atoms with van der Waals surface area (Å²) >= 11 is 1.72. The highest BCUT2D eigenvalue weighted by atomic mass is 32.1. The lowest BCUT2D eigenvalue weighted by molar-refractivity contribution is 0.181. The zero-order valence-corrected chi connectivity index (χ0v) is 10.9. The maximum atomic E-state index is 5.18. The molecule has 0 atom stereocenters. The Kier molecular flexibility index (Phi) is 4.25. The van der Waals surface area contributed by atoms with Crippen molar-refractivity contribution in [2.24, 2.45) is 0 Å². The van der Waals surface area contributed by atoms with Crippen molar-refractivity contribution in [3.63, 3.8) is 0 Å². The molecule has 0 unspecified atom stereocenters. The molecule has 0 radical (unpaired) electrons. The van der Waals surface area contributed by atoms with Crippen molar-refractivity contribution in [2.75, 3.05) is 14.2 Å². The number of nitrogens with zero attached hydrogens (tertiary/aromatic N) is 1. The fraction of sp³-hybridized carbons (Fsp3) is 0.308. The highest BCUT2D eigenvalue weighted by Crippen LogP contribution is 2.28. The fourth-order valence-electron chi connectivity index (χ4n) is 1.64. The molecule has 0 saturated heterocycles. The number of methoxy groups -OCH3 is 1. The van der Waals surface area contributed by atoms with E-state index in [0.29, 0.717) is 6.61 Å². The maximum absolute atomic E-state index is 5.18. The van der Waals surface area contributed by atoms with E-state index in [1.807, 2.05) is 25.2 Å². The van der Waals surface area contributed by atoms with Gasteiger partial charge in [0.05, 0.1) is 12.3 Å². The summed E-state index contributed by atoms with van der Waals surface area (Å²) in [6.07, 6.45) is 0. The minimum absolute atomic E-state index is 0.570. The Morgan fingerprint density at radius 2 is 2.06 bits per heavy atom. The summed E-state index contributed by atoms with van der Waals surface area (Å²) in [5.41, 5.74) is 2.20. The second-order valence-corrected chi connectivity index (χ2v) is 4.80. The highest BCUT2D eigenvalue weighted by Gasteiger charge is 2.11. The SMILES string of the molecule is CNCc1sc(-c2ccccc2)nc1COC. The molecule has 17 heavy (non-hydrogen) atoms. The smallest absolute Gasteiger partial charge is 0.124 e. The third kappa shape index (κ3) is 2.91. The van der Waals surface area contributed by atoms with Crippen LogP contribution in [-0.4, -0.2) is 19.1 Å². The lowest BCUT2D eigenvalue weighted by atomic mass is 10.2. The molecule has 3 nitrogen and oxygen atoms in total. The van der Waals surface area contributed by atoms with Crippen LogP contribution in [-0.2, 0) is 17.9 Å².